The molecule has 2 N–H and O–H groups in total. The average molecular weight is 301 g/mol. The van der Waals surface area contributed by atoms with Crippen molar-refractivity contribution < 1.29 is 4.92 Å². The van der Waals surface area contributed by atoms with Crippen molar-refractivity contribution >= 4 is 11.5 Å². The molecule has 0 atom stereocenters. The molecule has 22 heavy (non-hydrogen) atoms. The number of hydrogen-bond donors (Lipinski definition) is 2. The summed E-state index contributed by atoms with van der Waals surface area (Å²) in [6, 6.07) is 6.31. The molecule has 0 radical (unpaired) electrons. The van der Waals surface area contributed by atoms with Gasteiger partial charge in [0.2, 0.25) is 5.82 Å². The van der Waals surface area contributed by atoms with Crippen LogP contribution in [-0.2, 0) is 33.1 Å². The Bertz CT molecular complexity index is 723. The van der Waals surface area contributed by atoms with Crippen LogP contribution in [0.4, 0.5) is 11.5 Å². The molecule has 7 heteroatoms. The van der Waals surface area contributed by atoms with Crippen molar-refractivity contribution in [3.8, 4) is 0 Å². The van der Waals surface area contributed by atoms with Crippen LogP contribution in [0.1, 0.15) is 29.3 Å². The molecule has 2 heterocycles. The first kappa shape index (κ1) is 14.5. The Morgan fingerprint density at radius 1 is 1.41 bits per heavy atom. The van der Waals surface area contributed by atoms with Crippen LogP contribution in [0.5, 0.6) is 0 Å². The number of nitrogens with zero attached hydrogens (tertiary/aromatic N) is 3. The molecule has 1 aliphatic rings. The summed E-state index contributed by atoms with van der Waals surface area (Å²) in [7, 11) is 1.72. The fourth-order valence-electron chi connectivity index (χ4n) is 2.84. The van der Waals surface area contributed by atoms with E-state index in [0.29, 0.717) is 24.5 Å². The topological polar surface area (TPSA) is 85.0 Å². The molecule has 116 valence electrons. The Morgan fingerprint density at radius 2 is 2.18 bits per heavy atom. The van der Waals surface area contributed by atoms with Crippen LogP contribution in [0.15, 0.2) is 18.2 Å². The molecule has 1 aliphatic heterocycles. The Labute approximate surface area is 128 Å². The van der Waals surface area contributed by atoms with Gasteiger partial charge in [-0.15, -0.1) is 0 Å². The Morgan fingerprint density at radius 3 is 2.91 bits per heavy atom. The van der Waals surface area contributed by atoms with Gasteiger partial charge in [0, 0.05) is 26.7 Å². The highest BCUT2D eigenvalue weighted by Crippen LogP contribution is 2.29. The van der Waals surface area contributed by atoms with Crippen molar-refractivity contribution in [2.24, 2.45) is 7.05 Å². The maximum absolute atomic E-state index is 11.3. The predicted molar refractivity (Wildman–Crippen MR) is 83.6 cm³/mol. The number of hydrogen-bond acceptors (Lipinski definition) is 5. The van der Waals surface area contributed by atoms with E-state index in [1.807, 2.05) is 6.92 Å². The van der Waals surface area contributed by atoms with Gasteiger partial charge in [-0.3, -0.25) is 10.1 Å². The average Bonchev–Trinajstić information content (AvgIpc) is 3.08. The van der Waals surface area contributed by atoms with Crippen molar-refractivity contribution in [2.45, 2.75) is 33.0 Å². The molecule has 0 saturated carbocycles. The third kappa shape index (κ3) is 2.55. The Kier molecular flexibility index (Phi) is 3.81. The van der Waals surface area contributed by atoms with E-state index in [0.717, 1.165) is 18.7 Å². The predicted octanol–water partition coefficient (Wildman–Crippen LogP) is 2.11. The number of nitro groups is 1. The van der Waals surface area contributed by atoms with Crippen LogP contribution < -0.4 is 10.6 Å². The molecule has 1 aromatic carbocycles. The van der Waals surface area contributed by atoms with Gasteiger partial charge in [0.1, 0.15) is 5.69 Å². The highest BCUT2D eigenvalue weighted by molar-refractivity contribution is 5.60. The monoisotopic (exact) mass is 301 g/mol. The van der Waals surface area contributed by atoms with Crippen molar-refractivity contribution in [1.29, 1.82) is 0 Å². The maximum Gasteiger partial charge on any atom is 0.333 e. The quantitative estimate of drug-likeness (QED) is 0.652. The molecule has 2 aromatic rings. The van der Waals surface area contributed by atoms with Gasteiger partial charge >= 0.3 is 5.69 Å². The lowest BCUT2D eigenvalue weighted by molar-refractivity contribution is -0.384. The summed E-state index contributed by atoms with van der Waals surface area (Å²) in [5.74, 6) is 0.459. The third-order valence-electron chi connectivity index (χ3n) is 3.97. The van der Waals surface area contributed by atoms with E-state index in [1.165, 1.54) is 11.1 Å². The molecular formula is C15H19N5O2. The molecule has 0 unspecified atom stereocenters. The van der Waals surface area contributed by atoms with Gasteiger partial charge in [0.25, 0.3) is 0 Å². The molecule has 0 fully saturated rings. The summed E-state index contributed by atoms with van der Waals surface area (Å²) in [6.07, 6.45) is 0.538. The number of benzene rings is 1. The molecule has 1 aromatic heterocycles. The fourth-order valence-corrected chi connectivity index (χ4v) is 2.84. The van der Waals surface area contributed by atoms with E-state index in [4.69, 9.17) is 0 Å². The van der Waals surface area contributed by atoms with Gasteiger partial charge in [-0.25, -0.2) is 4.68 Å². The lowest BCUT2D eigenvalue weighted by atomic mass is 10.1. The van der Waals surface area contributed by atoms with E-state index in [-0.39, 0.29) is 10.6 Å². The molecule has 0 bridgehead atoms. The minimum atomic E-state index is -0.360. The smallest absolute Gasteiger partial charge is 0.333 e. The molecule has 0 saturated heterocycles. The summed E-state index contributed by atoms with van der Waals surface area (Å²) in [4.78, 5) is 10.9. The summed E-state index contributed by atoms with van der Waals surface area (Å²) in [5.41, 5.74) is 4.31. The van der Waals surface area contributed by atoms with Crippen LogP contribution in [0.3, 0.4) is 0 Å². The first-order chi connectivity index (χ1) is 10.6. The van der Waals surface area contributed by atoms with Crippen LogP contribution in [0, 0.1) is 10.1 Å². The zero-order valence-corrected chi connectivity index (χ0v) is 12.7. The first-order valence-corrected chi connectivity index (χ1v) is 7.35. The summed E-state index contributed by atoms with van der Waals surface area (Å²) in [6.45, 7) is 4.20. The molecule has 7 nitrogen and oxygen atoms in total. The van der Waals surface area contributed by atoms with Gasteiger partial charge in [0.05, 0.1) is 4.92 Å². The second-order valence-electron chi connectivity index (χ2n) is 5.44. The minimum Gasteiger partial charge on any atom is -0.360 e. The van der Waals surface area contributed by atoms with Gasteiger partial charge in [0.15, 0.2) is 0 Å². The van der Waals surface area contributed by atoms with Crippen molar-refractivity contribution in [2.75, 3.05) is 5.32 Å². The van der Waals surface area contributed by atoms with Crippen molar-refractivity contribution in [3.63, 3.8) is 0 Å². The second kappa shape index (κ2) is 5.76. The maximum atomic E-state index is 11.3. The summed E-state index contributed by atoms with van der Waals surface area (Å²) < 4.78 is 1.55. The molecule has 0 aliphatic carbocycles. The molecular weight excluding hydrogens is 282 g/mol. The highest BCUT2D eigenvalue weighted by atomic mass is 16.6. The van der Waals surface area contributed by atoms with Crippen LogP contribution >= 0.6 is 0 Å². The van der Waals surface area contributed by atoms with Crippen molar-refractivity contribution in [3.05, 3.63) is 50.7 Å². The summed E-state index contributed by atoms with van der Waals surface area (Å²) >= 11 is 0. The molecule has 0 spiro atoms. The number of aromatic nitrogens is 2. The van der Waals surface area contributed by atoms with Gasteiger partial charge < -0.3 is 10.6 Å². The van der Waals surface area contributed by atoms with Gasteiger partial charge in [-0.1, -0.05) is 25.1 Å². The number of fused-ring (bicyclic) bond motifs is 1. The van der Waals surface area contributed by atoms with E-state index < -0.39 is 0 Å². The third-order valence-corrected chi connectivity index (χ3v) is 3.97. The van der Waals surface area contributed by atoms with E-state index in [2.05, 4.69) is 33.9 Å². The molecule has 0 amide bonds. The Balaban J connectivity index is 1.82. The second-order valence-corrected chi connectivity index (χ2v) is 5.44. The number of nitrogens with one attached hydrogen (secondary N) is 2. The Hall–Kier alpha value is -2.41. The van der Waals surface area contributed by atoms with Gasteiger partial charge in [-0.2, -0.15) is 5.10 Å². The molecule has 3 rings (SSSR count). The standard InChI is InChI=1S/C15H19N5O2/c1-3-13-14(20(21)22)15(19(2)18-13)17-7-10-4-5-11-8-16-9-12(11)6-10/h4-6,16-17H,3,7-9H2,1-2H3. The minimum absolute atomic E-state index is 0.0767. The number of aryl methyl sites for hydroxylation is 2. The van der Waals surface area contributed by atoms with E-state index in [9.17, 15) is 10.1 Å². The SMILES string of the molecule is CCc1nn(C)c(NCc2ccc3c(c2)CNC3)c1[N+](=O)[O-]. The zero-order valence-electron chi connectivity index (χ0n) is 12.7. The van der Waals surface area contributed by atoms with Gasteiger partial charge in [-0.05, 0) is 23.1 Å². The zero-order chi connectivity index (χ0) is 15.7. The van der Waals surface area contributed by atoms with E-state index >= 15 is 0 Å². The number of anilines is 1. The lowest BCUT2D eigenvalue weighted by Crippen LogP contribution is -2.07. The summed E-state index contributed by atoms with van der Waals surface area (Å²) in [5, 5.41) is 22.0. The highest BCUT2D eigenvalue weighted by Gasteiger charge is 2.25. The van der Waals surface area contributed by atoms with Crippen LogP contribution in [0.2, 0.25) is 0 Å². The fraction of sp³-hybridized carbons (Fsp3) is 0.400. The van der Waals surface area contributed by atoms with E-state index in [1.54, 1.807) is 11.7 Å². The van der Waals surface area contributed by atoms with Crippen LogP contribution in [-0.4, -0.2) is 14.7 Å². The number of rotatable bonds is 5. The largest absolute Gasteiger partial charge is 0.360 e. The normalized spacial score (nSPS) is 13.2. The lowest BCUT2D eigenvalue weighted by Gasteiger charge is -2.08. The van der Waals surface area contributed by atoms with Crippen LogP contribution in [0.25, 0.3) is 0 Å². The van der Waals surface area contributed by atoms with Crippen molar-refractivity contribution in [1.82, 2.24) is 15.1 Å². The first-order valence-electron chi connectivity index (χ1n) is 7.35.